The second-order valence-electron chi connectivity index (χ2n) is 3.83. The molecule has 1 N–H and O–H groups in total. The van der Waals surface area contributed by atoms with Gasteiger partial charge in [0.1, 0.15) is 6.54 Å². The molecule has 0 spiro atoms. The summed E-state index contributed by atoms with van der Waals surface area (Å²) in [6.07, 6.45) is 1.91. The van der Waals surface area contributed by atoms with Gasteiger partial charge in [-0.25, -0.2) is 0 Å². The van der Waals surface area contributed by atoms with Crippen LogP contribution in [0.2, 0.25) is 0 Å². The van der Waals surface area contributed by atoms with E-state index in [9.17, 15) is 4.79 Å². The van der Waals surface area contributed by atoms with E-state index in [0.29, 0.717) is 6.04 Å². The molecule has 16 heavy (non-hydrogen) atoms. The number of carboxylic acids is 1. The van der Waals surface area contributed by atoms with E-state index in [1.54, 1.807) is 0 Å². The molecular formula is C13H19NO2. The van der Waals surface area contributed by atoms with Crippen LogP contribution < -0.4 is 4.90 Å². The smallest absolute Gasteiger partial charge is 0.323 e. The zero-order valence-corrected chi connectivity index (χ0v) is 9.89. The summed E-state index contributed by atoms with van der Waals surface area (Å²) >= 11 is 0. The number of aliphatic carboxylic acids is 1. The third-order valence-electron chi connectivity index (χ3n) is 2.78. The molecule has 0 aliphatic carbocycles. The highest BCUT2D eigenvalue weighted by atomic mass is 16.4. The Bertz CT molecular complexity index is 320. The Kier molecular flexibility index (Phi) is 4.83. The highest BCUT2D eigenvalue weighted by Crippen LogP contribution is 2.19. The average Bonchev–Trinajstić information content (AvgIpc) is 2.30. The van der Waals surface area contributed by atoms with Gasteiger partial charge in [-0.1, -0.05) is 32.0 Å². The van der Waals surface area contributed by atoms with E-state index >= 15 is 0 Å². The molecule has 0 bridgehead atoms. The Morgan fingerprint density at radius 3 is 2.25 bits per heavy atom. The number of anilines is 1. The SMILES string of the molecule is CCC(CC)N(CC(=O)O)c1ccccc1. The van der Waals surface area contributed by atoms with Gasteiger partial charge in [0.2, 0.25) is 0 Å². The molecule has 0 saturated heterocycles. The Labute approximate surface area is 96.7 Å². The number of nitrogens with zero attached hydrogens (tertiary/aromatic N) is 1. The number of hydrogen-bond acceptors (Lipinski definition) is 2. The van der Waals surface area contributed by atoms with Gasteiger partial charge in [-0.05, 0) is 25.0 Å². The minimum absolute atomic E-state index is 0.0658. The minimum Gasteiger partial charge on any atom is -0.480 e. The van der Waals surface area contributed by atoms with Gasteiger partial charge in [0, 0.05) is 11.7 Å². The van der Waals surface area contributed by atoms with Gasteiger partial charge in [-0.3, -0.25) is 4.79 Å². The zero-order valence-electron chi connectivity index (χ0n) is 9.89. The molecule has 0 fully saturated rings. The lowest BCUT2D eigenvalue weighted by Gasteiger charge is -2.31. The van der Waals surface area contributed by atoms with Gasteiger partial charge in [-0.2, -0.15) is 0 Å². The third kappa shape index (κ3) is 3.26. The first kappa shape index (κ1) is 12.6. The van der Waals surface area contributed by atoms with E-state index in [0.717, 1.165) is 18.5 Å². The van der Waals surface area contributed by atoms with Crippen LogP contribution in [-0.4, -0.2) is 23.7 Å². The van der Waals surface area contributed by atoms with Crippen LogP contribution in [0.5, 0.6) is 0 Å². The Morgan fingerprint density at radius 2 is 1.81 bits per heavy atom. The first-order valence-corrected chi connectivity index (χ1v) is 5.72. The summed E-state index contributed by atoms with van der Waals surface area (Å²) in [5, 5.41) is 8.94. The summed E-state index contributed by atoms with van der Waals surface area (Å²) in [6, 6.07) is 10.0. The predicted molar refractivity (Wildman–Crippen MR) is 65.8 cm³/mol. The Balaban J connectivity index is 2.90. The molecule has 1 aromatic rings. The van der Waals surface area contributed by atoms with Crippen molar-refractivity contribution in [2.45, 2.75) is 32.7 Å². The number of benzene rings is 1. The van der Waals surface area contributed by atoms with Crippen molar-refractivity contribution in [1.82, 2.24) is 0 Å². The molecule has 0 aliphatic heterocycles. The summed E-state index contributed by atoms with van der Waals surface area (Å²) in [5.41, 5.74) is 0.985. The van der Waals surface area contributed by atoms with Gasteiger partial charge >= 0.3 is 5.97 Å². The molecule has 1 aromatic carbocycles. The fraction of sp³-hybridized carbons (Fsp3) is 0.462. The maximum Gasteiger partial charge on any atom is 0.323 e. The van der Waals surface area contributed by atoms with Crippen LogP contribution in [0, 0.1) is 0 Å². The van der Waals surface area contributed by atoms with Gasteiger partial charge in [-0.15, -0.1) is 0 Å². The second kappa shape index (κ2) is 6.16. The first-order chi connectivity index (χ1) is 7.69. The molecule has 0 radical (unpaired) electrons. The number of carbonyl (C=O) groups is 1. The van der Waals surface area contributed by atoms with Crippen LogP contribution in [0.15, 0.2) is 30.3 Å². The summed E-state index contributed by atoms with van der Waals surface area (Å²) in [4.78, 5) is 12.8. The molecule has 3 heteroatoms. The van der Waals surface area contributed by atoms with E-state index < -0.39 is 5.97 Å². The summed E-state index contributed by atoms with van der Waals surface area (Å²) in [6.45, 7) is 4.24. The van der Waals surface area contributed by atoms with E-state index in [4.69, 9.17) is 5.11 Å². The first-order valence-electron chi connectivity index (χ1n) is 5.72. The standard InChI is InChI=1S/C13H19NO2/c1-3-11(4-2)14(10-13(15)16)12-8-6-5-7-9-12/h5-9,11H,3-4,10H2,1-2H3,(H,15,16). The van der Waals surface area contributed by atoms with Gasteiger partial charge in [0.05, 0.1) is 0 Å². The largest absolute Gasteiger partial charge is 0.480 e. The molecule has 0 saturated carbocycles. The molecule has 0 heterocycles. The number of hydrogen-bond donors (Lipinski definition) is 1. The molecule has 0 unspecified atom stereocenters. The number of rotatable bonds is 6. The van der Waals surface area contributed by atoms with Crippen LogP contribution >= 0.6 is 0 Å². The highest BCUT2D eigenvalue weighted by molar-refractivity contribution is 5.74. The normalized spacial score (nSPS) is 10.4. The van der Waals surface area contributed by atoms with Crippen molar-refractivity contribution in [3.8, 4) is 0 Å². The highest BCUT2D eigenvalue weighted by Gasteiger charge is 2.17. The van der Waals surface area contributed by atoms with Crippen molar-refractivity contribution in [3.63, 3.8) is 0 Å². The summed E-state index contributed by atoms with van der Waals surface area (Å²) < 4.78 is 0. The predicted octanol–water partition coefficient (Wildman–Crippen LogP) is 2.77. The van der Waals surface area contributed by atoms with Crippen LogP contribution in [0.25, 0.3) is 0 Å². The quantitative estimate of drug-likeness (QED) is 0.803. The molecular weight excluding hydrogens is 202 g/mol. The molecule has 88 valence electrons. The van der Waals surface area contributed by atoms with Crippen molar-refractivity contribution >= 4 is 11.7 Å². The van der Waals surface area contributed by atoms with Crippen LogP contribution in [0.1, 0.15) is 26.7 Å². The number of para-hydroxylation sites is 1. The lowest BCUT2D eigenvalue weighted by Crippen LogP contribution is -2.38. The van der Waals surface area contributed by atoms with E-state index in [1.165, 1.54) is 0 Å². The van der Waals surface area contributed by atoms with Crippen LogP contribution in [0.3, 0.4) is 0 Å². The molecule has 0 aromatic heterocycles. The summed E-state index contributed by atoms with van der Waals surface area (Å²) in [5.74, 6) is -0.782. The van der Waals surface area contributed by atoms with Gasteiger partial charge in [0.25, 0.3) is 0 Å². The lowest BCUT2D eigenvalue weighted by atomic mass is 10.1. The van der Waals surface area contributed by atoms with Crippen molar-refractivity contribution in [2.75, 3.05) is 11.4 Å². The third-order valence-corrected chi connectivity index (χ3v) is 2.78. The maximum absolute atomic E-state index is 10.9. The van der Waals surface area contributed by atoms with Crippen molar-refractivity contribution in [3.05, 3.63) is 30.3 Å². The molecule has 0 aliphatic rings. The fourth-order valence-corrected chi connectivity index (χ4v) is 1.93. The lowest BCUT2D eigenvalue weighted by molar-refractivity contribution is -0.135. The topological polar surface area (TPSA) is 40.5 Å². The van der Waals surface area contributed by atoms with Crippen LogP contribution in [0.4, 0.5) is 5.69 Å². The Hall–Kier alpha value is -1.51. The van der Waals surface area contributed by atoms with E-state index in [1.807, 2.05) is 35.2 Å². The van der Waals surface area contributed by atoms with Crippen molar-refractivity contribution < 1.29 is 9.90 Å². The summed E-state index contributed by atoms with van der Waals surface area (Å²) in [7, 11) is 0. The molecule has 0 atom stereocenters. The second-order valence-corrected chi connectivity index (χ2v) is 3.83. The van der Waals surface area contributed by atoms with Crippen LogP contribution in [-0.2, 0) is 4.79 Å². The van der Waals surface area contributed by atoms with Crippen molar-refractivity contribution in [2.24, 2.45) is 0 Å². The van der Waals surface area contributed by atoms with E-state index in [-0.39, 0.29) is 6.54 Å². The van der Waals surface area contributed by atoms with Gasteiger partial charge in [0.15, 0.2) is 0 Å². The van der Waals surface area contributed by atoms with Gasteiger partial charge < -0.3 is 10.0 Å². The zero-order chi connectivity index (χ0) is 12.0. The maximum atomic E-state index is 10.9. The van der Waals surface area contributed by atoms with Crippen molar-refractivity contribution in [1.29, 1.82) is 0 Å². The minimum atomic E-state index is -0.782. The monoisotopic (exact) mass is 221 g/mol. The average molecular weight is 221 g/mol. The number of carboxylic acid groups (broad SMARTS) is 1. The van der Waals surface area contributed by atoms with E-state index in [2.05, 4.69) is 13.8 Å². The molecule has 3 nitrogen and oxygen atoms in total. The molecule has 1 rings (SSSR count). The Morgan fingerprint density at radius 1 is 1.25 bits per heavy atom. The molecule has 0 amide bonds. The fourth-order valence-electron chi connectivity index (χ4n) is 1.93.